The van der Waals surface area contributed by atoms with Crippen LogP contribution in [0.15, 0.2) is 58.5 Å². The molecule has 0 aliphatic carbocycles. The van der Waals surface area contributed by atoms with Gasteiger partial charge in [0.2, 0.25) is 0 Å². The zero-order valence-electron chi connectivity index (χ0n) is 15.8. The Morgan fingerprint density at radius 2 is 1.93 bits per heavy atom. The number of hydrogen-bond acceptors (Lipinski definition) is 5. The second-order valence-electron chi connectivity index (χ2n) is 7.84. The number of rotatable bonds is 3. The molecule has 1 unspecified atom stereocenters. The Morgan fingerprint density at radius 1 is 1.10 bits per heavy atom. The van der Waals surface area contributed by atoms with Gasteiger partial charge in [0.25, 0.3) is 0 Å². The van der Waals surface area contributed by atoms with Gasteiger partial charge in [0.05, 0.1) is 5.71 Å². The van der Waals surface area contributed by atoms with E-state index >= 15 is 0 Å². The van der Waals surface area contributed by atoms with E-state index in [1.165, 1.54) is 12.1 Å². The molecular weight excluding hydrogens is 390 g/mol. The SMILES string of the molecule is N[C@H]1C[C@@H](N2CC3=NC(c4ccccc4)=NC3C2)CS[C@@H]1c1cc(F)ccc1F. The van der Waals surface area contributed by atoms with Crippen LogP contribution in [0.25, 0.3) is 0 Å². The van der Waals surface area contributed by atoms with E-state index in [0.29, 0.717) is 11.6 Å². The molecule has 29 heavy (non-hydrogen) atoms. The Hall–Kier alpha value is -2.09. The van der Waals surface area contributed by atoms with Crippen LogP contribution in [0.5, 0.6) is 0 Å². The van der Waals surface area contributed by atoms with E-state index in [1.54, 1.807) is 11.8 Å². The van der Waals surface area contributed by atoms with Crippen molar-refractivity contribution in [2.24, 2.45) is 15.7 Å². The lowest BCUT2D eigenvalue weighted by atomic mass is 9.98. The van der Waals surface area contributed by atoms with Gasteiger partial charge in [-0.25, -0.2) is 13.8 Å². The van der Waals surface area contributed by atoms with E-state index in [0.717, 1.165) is 48.4 Å². The van der Waals surface area contributed by atoms with Gasteiger partial charge in [-0.15, -0.1) is 0 Å². The zero-order valence-corrected chi connectivity index (χ0v) is 16.7. The topological polar surface area (TPSA) is 54.0 Å². The van der Waals surface area contributed by atoms with Crippen molar-refractivity contribution in [1.29, 1.82) is 0 Å². The summed E-state index contributed by atoms with van der Waals surface area (Å²) in [6.45, 7) is 1.63. The number of amidine groups is 1. The molecule has 0 spiro atoms. The molecule has 4 nitrogen and oxygen atoms in total. The van der Waals surface area contributed by atoms with Crippen LogP contribution in [0.3, 0.4) is 0 Å². The summed E-state index contributed by atoms with van der Waals surface area (Å²) >= 11 is 1.62. The van der Waals surface area contributed by atoms with Gasteiger partial charge in [0.15, 0.2) is 5.84 Å². The van der Waals surface area contributed by atoms with Crippen molar-refractivity contribution < 1.29 is 8.78 Å². The van der Waals surface area contributed by atoms with Gasteiger partial charge in [-0.3, -0.25) is 9.89 Å². The summed E-state index contributed by atoms with van der Waals surface area (Å²) in [6.07, 6.45) is 0.753. The highest BCUT2D eigenvalue weighted by atomic mass is 32.2. The molecule has 2 fully saturated rings. The smallest absolute Gasteiger partial charge is 0.155 e. The maximum absolute atomic E-state index is 14.2. The Balaban J connectivity index is 1.24. The molecule has 7 heteroatoms. The molecule has 2 aromatic carbocycles. The maximum atomic E-state index is 14.2. The number of benzene rings is 2. The summed E-state index contributed by atoms with van der Waals surface area (Å²) in [4.78, 5) is 12.0. The molecule has 3 aliphatic heterocycles. The summed E-state index contributed by atoms with van der Waals surface area (Å²) in [7, 11) is 0. The van der Waals surface area contributed by atoms with Crippen LogP contribution in [0.4, 0.5) is 8.78 Å². The fraction of sp³-hybridized carbons (Fsp3) is 0.364. The van der Waals surface area contributed by atoms with Gasteiger partial charge >= 0.3 is 0 Å². The van der Waals surface area contributed by atoms with Gasteiger partial charge < -0.3 is 5.73 Å². The number of nitrogens with zero attached hydrogens (tertiary/aromatic N) is 3. The third-order valence-electron chi connectivity index (χ3n) is 5.90. The fourth-order valence-corrected chi connectivity index (χ4v) is 5.89. The molecule has 2 aromatic rings. The van der Waals surface area contributed by atoms with E-state index in [2.05, 4.69) is 4.90 Å². The summed E-state index contributed by atoms with van der Waals surface area (Å²) in [6, 6.07) is 13.9. The number of likely N-dealkylation sites (tertiary alicyclic amines) is 1. The van der Waals surface area contributed by atoms with Crippen molar-refractivity contribution in [3.63, 3.8) is 0 Å². The standard InChI is InChI=1S/C22H22F2N4S/c23-14-6-7-17(24)16(8-14)21-18(25)9-15(12-29-21)28-10-19-20(11-28)27-22(26-19)13-4-2-1-3-5-13/h1-8,15,18-19,21H,9-12,25H2/t15-,18+,19?,21-/m1/s1. The molecule has 2 saturated heterocycles. The number of nitrogens with two attached hydrogens (primary N) is 1. The van der Waals surface area contributed by atoms with Crippen LogP contribution in [0, 0.1) is 11.6 Å². The van der Waals surface area contributed by atoms with Crippen LogP contribution in [-0.4, -0.2) is 53.4 Å². The van der Waals surface area contributed by atoms with Gasteiger partial charge in [-0.2, -0.15) is 11.8 Å². The van der Waals surface area contributed by atoms with Gasteiger partial charge in [-0.1, -0.05) is 30.3 Å². The Labute approximate surface area is 172 Å². The monoisotopic (exact) mass is 412 g/mol. The van der Waals surface area contributed by atoms with Crippen LogP contribution in [-0.2, 0) is 0 Å². The van der Waals surface area contributed by atoms with Crippen molar-refractivity contribution in [1.82, 2.24) is 4.90 Å². The van der Waals surface area contributed by atoms with Crippen molar-refractivity contribution >= 4 is 23.3 Å². The molecule has 0 bridgehead atoms. The zero-order chi connectivity index (χ0) is 20.0. The lowest BCUT2D eigenvalue weighted by Gasteiger charge is -2.38. The number of aliphatic imine (C=N–C) groups is 2. The van der Waals surface area contributed by atoms with E-state index in [9.17, 15) is 8.78 Å². The molecule has 3 aliphatic rings. The molecule has 0 aromatic heterocycles. The number of hydrogen-bond donors (Lipinski definition) is 1. The van der Waals surface area contributed by atoms with Gasteiger partial charge in [0, 0.05) is 47.3 Å². The highest BCUT2D eigenvalue weighted by molar-refractivity contribution is 7.99. The minimum absolute atomic E-state index is 0.116. The average molecular weight is 413 g/mol. The molecule has 0 radical (unpaired) electrons. The first kappa shape index (κ1) is 18.9. The second-order valence-corrected chi connectivity index (χ2v) is 9.01. The summed E-state index contributed by atoms with van der Waals surface area (Å²) in [5.74, 6) is 0.852. The van der Waals surface area contributed by atoms with E-state index in [1.807, 2.05) is 30.3 Å². The quantitative estimate of drug-likeness (QED) is 0.841. The van der Waals surface area contributed by atoms with Crippen LogP contribution in [0.1, 0.15) is 22.8 Å². The normalized spacial score (nSPS) is 29.5. The largest absolute Gasteiger partial charge is 0.326 e. The van der Waals surface area contributed by atoms with Gasteiger partial charge in [0.1, 0.15) is 17.7 Å². The number of halogens is 2. The van der Waals surface area contributed by atoms with Crippen LogP contribution >= 0.6 is 11.8 Å². The van der Waals surface area contributed by atoms with Crippen molar-refractivity contribution in [2.45, 2.75) is 29.8 Å². The first-order valence-electron chi connectivity index (χ1n) is 9.85. The summed E-state index contributed by atoms with van der Waals surface area (Å²) < 4.78 is 27.8. The Kier molecular flexibility index (Phi) is 4.97. The van der Waals surface area contributed by atoms with Crippen molar-refractivity contribution in [3.05, 3.63) is 71.3 Å². The molecule has 2 N–H and O–H groups in total. The highest BCUT2D eigenvalue weighted by Crippen LogP contribution is 2.41. The summed E-state index contributed by atoms with van der Waals surface area (Å²) in [5, 5.41) is -0.218. The summed E-state index contributed by atoms with van der Waals surface area (Å²) in [5.41, 5.74) is 8.95. The first-order valence-corrected chi connectivity index (χ1v) is 10.9. The van der Waals surface area contributed by atoms with E-state index < -0.39 is 5.82 Å². The maximum Gasteiger partial charge on any atom is 0.155 e. The van der Waals surface area contributed by atoms with Gasteiger partial charge in [-0.05, 0) is 24.6 Å². The minimum Gasteiger partial charge on any atom is -0.326 e. The van der Waals surface area contributed by atoms with E-state index in [4.69, 9.17) is 15.7 Å². The first-order chi connectivity index (χ1) is 14.1. The molecule has 0 saturated carbocycles. The Morgan fingerprint density at radius 3 is 2.69 bits per heavy atom. The predicted molar refractivity (Wildman–Crippen MR) is 114 cm³/mol. The average Bonchev–Trinajstić information content (AvgIpc) is 3.30. The van der Waals surface area contributed by atoms with Crippen molar-refractivity contribution in [2.75, 3.05) is 18.8 Å². The lowest BCUT2D eigenvalue weighted by molar-refractivity contribution is 0.235. The molecule has 4 atom stereocenters. The lowest BCUT2D eigenvalue weighted by Crippen LogP contribution is -2.45. The van der Waals surface area contributed by atoms with Crippen molar-refractivity contribution in [3.8, 4) is 0 Å². The molecular formula is C22H22F2N4S. The number of thioether (sulfide) groups is 1. The van der Waals surface area contributed by atoms with E-state index in [-0.39, 0.29) is 23.2 Å². The fourth-order valence-electron chi connectivity index (χ4n) is 4.40. The third kappa shape index (κ3) is 3.63. The molecule has 3 heterocycles. The van der Waals surface area contributed by atoms with Crippen LogP contribution in [0.2, 0.25) is 0 Å². The van der Waals surface area contributed by atoms with Crippen LogP contribution < -0.4 is 5.73 Å². The molecule has 150 valence electrons. The number of fused-ring (bicyclic) bond motifs is 1. The molecule has 0 amide bonds. The third-order valence-corrected chi connectivity index (χ3v) is 7.44. The highest BCUT2D eigenvalue weighted by Gasteiger charge is 2.40. The molecule has 5 rings (SSSR count). The second kappa shape index (κ2) is 7.63. The predicted octanol–water partition coefficient (Wildman–Crippen LogP) is 3.42. The Bertz CT molecular complexity index is 978. The minimum atomic E-state index is -0.422.